The van der Waals surface area contributed by atoms with Gasteiger partial charge in [0.2, 0.25) is 0 Å². The summed E-state index contributed by atoms with van der Waals surface area (Å²) < 4.78 is 0. The van der Waals surface area contributed by atoms with Crippen molar-refractivity contribution < 1.29 is 0 Å². The molecule has 10 aromatic rings. The molecule has 0 aliphatic heterocycles. The Labute approximate surface area is 325 Å². The standard InChI is InChI=1S/C52H34N4/c1-3-15-39(16-4-1)51-53-47-25-13-11-23-45(47)49(55-51)37-31-27-35(28-32-37)41-19-7-9-21-43(41)44-22-10-8-20-42(44)36-29-33-38(34-30-36)50-46-24-12-14-26-48(46)54-52(56-50)40-17-5-2-6-18-40/h1-34H. The molecule has 262 valence electrons. The quantitative estimate of drug-likeness (QED) is 0.165. The molecular weight excluding hydrogens is 681 g/mol. The van der Waals surface area contributed by atoms with Gasteiger partial charge in [0, 0.05) is 33.0 Å². The molecule has 0 unspecified atom stereocenters. The van der Waals surface area contributed by atoms with E-state index in [9.17, 15) is 0 Å². The van der Waals surface area contributed by atoms with Crippen molar-refractivity contribution in [2.45, 2.75) is 0 Å². The van der Waals surface area contributed by atoms with E-state index in [1.54, 1.807) is 0 Å². The van der Waals surface area contributed by atoms with Crippen molar-refractivity contribution in [1.29, 1.82) is 0 Å². The van der Waals surface area contributed by atoms with Crippen LogP contribution >= 0.6 is 0 Å². The van der Waals surface area contributed by atoms with Gasteiger partial charge in [0.15, 0.2) is 11.6 Å². The Hall–Kier alpha value is -7.56. The first-order chi connectivity index (χ1) is 27.8. The third-order valence-electron chi connectivity index (χ3n) is 10.4. The van der Waals surface area contributed by atoms with E-state index in [-0.39, 0.29) is 0 Å². The van der Waals surface area contributed by atoms with Crippen LogP contribution in [0.15, 0.2) is 206 Å². The summed E-state index contributed by atoms with van der Waals surface area (Å²) in [5.41, 5.74) is 14.8. The molecule has 0 aliphatic carbocycles. The highest BCUT2D eigenvalue weighted by Crippen LogP contribution is 2.40. The molecule has 0 aliphatic rings. The molecular formula is C52H34N4. The van der Waals surface area contributed by atoms with Crippen LogP contribution in [0.2, 0.25) is 0 Å². The van der Waals surface area contributed by atoms with E-state index in [1.165, 1.54) is 22.3 Å². The molecule has 2 heterocycles. The summed E-state index contributed by atoms with van der Waals surface area (Å²) in [5, 5.41) is 2.06. The molecule has 0 atom stereocenters. The molecule has 0 saturated heterocycles. The van der Waals surface area contributed by atoms with Crippen molar-refractivity contribution >= 4 is 21.8 Å². The van der Waals surface area contributed by atoms with E-state index in [0.717, 1.165) is 78.2 Å². The van der Waals surface area contributed by atoms with Gasteiger partial charge in [-0.3, -0.25) is 0 Å². The van der Waals surface area contributed by atoms with Gasteiger partial charge in [0.1, 0.15) is 0 Å². The van der Waals surface area contributed by atoms with Crippen molar-refractivity contribution in [2.24, 2.45) is 0 Å². The van der Waals surface area contributed by atoms with Gasteiger partial charge in [0.25, 0.3) is 0 Å². The van der Waals surface area contributed by atoms with Gasteiger partial charge in [-0.15, -0.1) is 0 Å². The summed E-state index contributed by atoms with van der Waals surface area (Å²) in [6.45, 7) is 0. The van der Waals surface area contributed by atoms with Gasteiger partial charge in [-0.05, 0) is 45.5 Å². The van der Waals surface area contributed by atoms with Crippen LogP contribution in [0, 0.1) is 0 Å². The highest BCUT2D eigenvalue weighted by Gasteiger charge is 2.16. The van der Waals surface area contributed by atoms with Crippen molar-refractivity contribution in [2.75, 3.05) is 0 Å². The summed E-state index contributed by atoms with van der Waals surface area (Å²) in [5.74, 6) is 1.45. The van der Waals surface area contributed by atoms with Crippen molar-refractivity contribution in [3.63, 3.8) is 0 Å². The molecule has 10 rings (SSSR count). The van der Waals surface area contributed by atoms with E-state index in [1.807, 2.05) is 60.7 Å². The maximum Gasteiger partial charge on any atom is 0.160 e. The summed E-state index contributed by atoms with van der Waals surface area (Å²) in [4.78, 5) is 20.0. The summed E-state index contributed by atoms with van der Waals surface area (Å²) >= 11 is 0. The number of nitrogens with zero attached hydrogens (tertiary/aromatic N) is 4. The van der Waals surface area contributed by atoms with Crippen LogP contribution < -0.4 is 0 Å². The zero-order valence-electron chi connectivity index (χ0n) is 30.4. The average molecular weight is 715 g/mol. The number of para-hydroxylation sites is 2. The lowest BCUT2D eigenvalue weighted by molar-refractivity contribution is 1.23. The first-order valence-electron chi connectivity index (χ1n) is 18.8. The number of hydrogen-bond donors (Lipinski definition) is 0. The molecule has 0 bridgehead atoms. The van der Waals surface area contributed by atoms with Gasteiger partial charge in [-0.25, -0.2) is 19.9 Å². The Bertz CT molecular complexity index is 2790. The molecule has 8 aromatic carbocycles. The Morgan fingerprint density at radius 3 is 0.946 bits per heavy atom. The van der Waals surface area contributed by atoms with Crippen LogP contribution in [0.5, 0.6) is 0 Å². The second kappa shape index (κ2) is 14.3. The minimum absolute atomic E-state index is 0.723. The molecule has 0 saturated carbocycles. The molecule has 4 heteroatoms. The molecule has 4 nitrogen and oxygen atoms in total. The monoisotopic (exact) mass is 714 g/mol. The number of hydrogen-bond acceptors (Lipinski definition) is 4. The smallest absolute Gasteiger partial charge is 0.160 e. The topological polar surface area (TPSA) is 51.6 Å². The average Bonchev–Trinajstić information content (AvgIpc) is 3.29. The van der Waals surface area contributed by atoms with Gasteiger partial charge >= 0.3 is 0 Å². The lowest BCUT2D eigenvalue weighted by Crippen LogP contribution is -1.95. The fourth-order valence-electron chi connectivity index (χ4n) is 7.58. The van der Waals surface area contributed by atoms with E-state index < -0.39 is 0 Å². The third kappa shape index (κ3) is 6.19. The maximum absolute atomic E-state index is 5.09. The largest absolute Gasteiger partial charge is 0.228 e. The van der Waals surface area contributed by atoms with Gasteiger partial charge in [-0.2, -0.15) is 0 Å². The van der Waals surface area contributed by atoms with Crippen molar-refractivity contribution in [3.8, 4) is 78.7 Å². The Kier molecular flexibility index (Phi) is 8.47. The Morgan fingerprint density at radius 1 is 0.214 bits per heavy atom. The number of aromatic nitrogens is 4. The molecule has 0 radical (unpaired) electrons. The van der Waals surface area contributed by atoms with E-state index in [4.69, 9.17) is 19.9 Å². The van der Waals surface area contributed by atoms with Crippen LogP contribution in [-0.4, -0.2) is 19.9 Å². The number of benzene rings is 8. The van der Waals surface area contributed by atoms with E-state index >= 15 is 0 Å². The molecule has 0 amide bonds. The molecule has 0 fully saturated rings. The van der Waals surface area contributed by atoms with Crippen LogP contribution in [-0.2, 0) is 0 Å². The fraction of sp³-hybridized carbons (Fsp3) is 0. The zero-order valence-corrected chi connectivity index (χ0v) is 30.4. The third-order valence-corrected chi connectivity index (χ3v) is 10.4. The summed E-state index contributed by atoms with van der Waals surface area (Å²) in [6.07, 6.45) is 0. The minimum atomic E-state index is 0.723. The first-order valence-corrected chi connectivity index (χ1v) is 18.8. The van der Waals surface area contributed by atoms with Crippen LogP contribution in [0.3, 0.4) is 0 Å². The number of fused-ring (bicyclic) bond motifs is 2. The minimum Gasteiger partial charge on any atom is -0.228 e. The Morgan fingerprint density at radius 2 is 0.536 bits per heavy atom. The Balaban J connectivity index is 1.01. The highest BCUT2D eigenvalue weighted by atomic mass is 14.9. The second-order valence-corrected chi connectivity index (χ2v) is 13.8. The normalized spacial score (nSPS) is 11.2. The predicted molar refractivity (Wildman–Crippen MR) is 231 cm³/mol. The zero-order chi connectivity index (χ0) is 37.3. The number of rotatable bonds is 7. The van der Waals surface area contributed by atoms with E-state index in [2.05, 4.69) is 146 Å². The lowest BCUT2D eigenvalue weighted by Gasteiger charge is -2.16. The maximum atomic E-state index is 5.09. The summed E-state index contributed by atoms with van der Waals surface area (Å²) in [7, 11) is 0. The van der Waals surface area contributed by atoms with Gasteiger partial charge in [-0.1, -0.05) is 194 Å². The van der Waals surface area contributed by atoms with Crippen LogP contribution in [0.25, 0.3) is 100 Å². The SMILES string of the molecule is c1ccc(-c2nc(-c3ccc(-c4ccccc4-c4ccccc4-c4ccc(-c5nc(-c6ccccc6)nc6ccccc56)cc4)cc3)c3ccccc3n2)cc1. The highest BCUT2D eigenvalue weighted by molar-refractivity contribution is 5.97. The van der Waals surface area contributed by atoms with E-state index in [0.29, 0.717) is 0 Å². The van der Waals surface area contributed by atoms with Gasteiger partial charge in [0.05, 0.1) is 22.4 Å². The van der Waals surface area contributed by atoms with Crippen molar-refractivity contribution in [3.05, 3.63) is 206 Å². The molecule has 56 heavy (non-hydrogen) atoms. The molecule has 0 N–H and O–H groups in total. The predicted octanol–water partition coefficient (Wildman–Crippen LogP) is 13.2. The first kappa shape index (κ1) is 33.0. The second-order valence-electron chi connectivity index (χ2n) is 13.8. The molecule has 0 spiro atoms. The lowest BCUT2D eigenvalue weighted by atomic mass is 9.89. The van der Waals surface area contributed by atoms with Crippen LogP contribution in [0.4, 0.5) is 0 Å². The van der Waals surface area contributed by atoms with Crippen LogP contribution in [0.1, 0.15) is 0 Å². The summed E-state index contributed by atoms with van der Waals surface area (Å²) in [6, 6.07) is 71.7. The fourth-order valence-corrected chi connectivity index (χ4v) is 7.58. The van der Waals surface area contributed by atoms with Crippen molar-refractivity contribution in [1.82, 2.24) is 19.9 Å². The van der Waals surface area contributed by atoms with Gasteiger partial charge < -0.3 is 0 Å². The molecule has 2 aromatic heterocycles.